The van der Waals surface area contributed by atoms with Crippen molar-refractivity contribution >= 4 is 51.3 Å². The predicted octanol–water partition coefficient (Wildman–Crippen LogP) is 6.26. The van der Waals surface area contributed by atoms with Crippen molar-refractivity contribution in [2.45, 2.75) is 45.1 Å². The minimum Gasteiger partial charge on any atom is -0.493 e. The number of carbonyl (C=O) groups excluding carboxylic acids is 1. The number of benzene rings is 1. The molecule has 0 unspecified atom stereocenters. The Hall–Kier alpha value is -0.883. The second-order valence-electron chi connectivity index (χ2n) is 6.04. The van der Waals surface area contributed by atoms with E-state index in [1.165, 1.54) is 6.08 Å². The van der Waals surface area contributed by atoms with Gasteiger partial charge in [0.2, 0.25) is 0 Å². The number of halogens is 3. The van der Waals surface area contributed by atoms with Crippen molar-refractivity contribution in [2.24, 2.45) is 0 Å². The summed E-state index contributed by atoms with van der Waals surface area (Å²) in [6, 6.07) is 3.70. The van der Waals surface area contributed by atoms with Crippen LogP contribution in [0.3, 0.4) is 0 Å². The smallest absolute Gasteiger partial charge is 0.341 e. The fraction of sp³-hybridized carbons (Fsp3) is 0.526. The van der Waals surface area contributed by atoms with Gasteiger partial charge in [-0.1, -0.05) is 32.3 Å². The molecule has 0 saturated carbocycles. The maximum absolute atomic E-state index is 11.8. The molecule has 8 heteroatoms. The molecule has 0 atom stereocenters. The molecule has 152 valence electrons. The summed E-state index contributed by atoms with van der Waals surface area (Å²) in [7, 11) is 1.59. The molecule has 0 aliphatic carbocycles. The van der Waals surface area contributed by atoms with E-state index >= 15 is 0 Å². The van der Waals surface area contributed by atoms with Gasteiger partial charge in [0.1, 0.15) is 0 Å². The number of hydrogen-bond acceptors (Lipinski definition) is 4. The van der Waals surface area contributed by atoms with Crippen LogP contribution in [0.15, 0.2) is 24.3 Å². The molecule has 0 aliphatic heterocycles. The van der Waals surface area contributed by atoms with Crippen LogP contribution in [0.25, 0.3) is 6.08 Å². The van der Waals surface area contributed by atoms with E-state index in [4.69, 9.17) is 47.4 Å². The van der Waals surface area contributed by atoms with Gasteiger partial charge in [0.25, 0.3) is 0 Å². The monoisotopic (exact) mass is 452 g/mol. The zero-order valence-corrected chi connectivity index (χ0v) is 19.1. The van der Waals surface area contributed by atoms with Gasteiger partial charge in [-0.2, -0.15) is 0 Å². The lowest BCUT2D eigenvalue weighted by molar-refractivity contribution is -0.137. The van der Waals surface area contributed by atoms with Crippen LogP contribution in [0.1, 0.15) is 44.6 Å². The molecule has 0 amide bonds. The lowest BCUT2D eigenvalue weighted by atomic mass is 10.2. The highest BCUT2D eigenvalue weighted by Gasteiger charge is 2.23. The lowest BCUT2D eigenvalue weighted by Crippen LogP contribution is -2.07. The number of methoxy groups -OCH3 is 1. The van der Waals surface area contributed by atoms with Crippen LogP contribution in [0, 0.1) is 0 Å². The van der Waals surface area contributed by atoms with E-state index in [1.54, 1.807) is 13.2 Å². The fourth-order valence-corrected chi connectivity index (χ4v) is 4.14. The SMILES string of the molecule is CCCOc1ccc(/C=C/C(=O)OCCCCCC[Si](Cl)(Cl)Cl)cc1OC. The second-order valence-corrected chi connectivity index (χ2v) is 15.3. The number of hydrogen-bond donors (Lipinski definition) is 0. The Morgan fingerprint density at radius 1 is 1.07 bits per heavy atom. The van der Waals surface area contributed by atoms with Gasteiger partial charge in [0, 0.05) is 6.08 Å². The highest BCUT2D eigenvalue weighted by Crippen LogP contribution is 2.29. The van der Waals surface area contributed by atoms with Gasteiger partial charge in [0.15, 0.2) is 11.5 Å². The first-order chi connectivity index (χ1) is 12.9. The first kappa shape index (κ1) is 24.2. The number of esters is 1. The van der Waals surface area contributed by atoms with Gasteiger partial charge in [0.05, 0.1) is 20.3 Å². The zero-order chi connectivity index (χ0) is 20.1. The van der Waals surface area contributed by atoms with Crippen molar-refractivity contribution in [3.8, 4) is 11.5 Å². The van der Waals surface area contributed by atoms with E-state index < -0.39 is 6.00 Å². The van der Waals surface area contributed by atoms with Crippen molar-refractivity contribution < 1.29 is 19.0 Å². The fourth-order valence-electron chi connectivity index (χ4n) is 2.29. The predicted molar refractivity (Wildman–Crippen MR) is 115 cm³/mol. The molecular weight excluding hydrogens is 427 g/mol. The standard InChI is InChI=1S/C19H27Cl3O4Si/c1-3-12-25-17-10-8-16(15-18(17)24-2)9-11-19(23)26-13-6-4-5-7-14-27(20,21)22/h8-11,15H,3-7,12-14H2,1-2H3/b11-9+. The third kappa shape index (κ3) is 11.5. The summed E-state index contributed by atoms with van der Waals surface area (Å²) in [5.41, 5.74) is 0.837. The third-order valence-corrected chi connectivity index (χ3v) is 6.28. The van der Waals surface area contributed by atoms with Crippen LogP contribution >= 0.6 is 33.2 Å². The normalized spacial score (nSPS) is 11.6. The molecule has 4 nitrogen and oxygen atoms in total. The van der Waals surface area contributed by atoms with E-state index in [0.717, 1.165) is 37.7 Å². The Bertz CT molecular complexity index is 603. The van der Waals surface area contributed by atoms with Gasteiger partial charge < -0.3 is 14.2 Å². The Labute approximate surface area is 176 Å². The van der Waals surface area contributed by atoms with E-state index in [9.17, 15) is 4.79 Å². The Morgan fingerprint density at radius 3 is 2.48 bits per heavy atom. The lowest BCUT2D eigenvalue weighted by Gasteiger charge is -2.10. The van der Waals surface area contributed by atoms with E-state index in [1.807, 2.05) is 25.1 Å². The van der Waals surface area contributed by atoms with Crippen LogP contribution in [0.2, 0.25) is 6.04 Å². The second kappa shape index (κ2) is 13.3. The Kier molecular flexibility index (Phi) is 11.9. The molecule has 0 aliphatic rings. The quantitative estimate of drug-likeness (QED) is 0.116. The van der Waals surface area contributed by atoms with Crippen molar-refractivity contribution in [1.82, 2.24) is 0 Å². The van der Waals surface area contributed by atoms with Crippen LogP contribution < -0.4 is 9.47 Å². The van der Waals surface area contributed by atoms with E-state index in [0.29, 0.717) is 30.8 Å². The van der Waals surface area contributed by atoms with E-state index in [2.05, 4.69) is 0 Å². The number of carbonyl (C=O) groups is 1. The van der Waals surface area contributed by atoms with Gasteiger partial charge in [-0.3, -0.25) is 0 Å². The van der Waals surface area contributed by atoms with Gasteiger partial charge in [-0.15, -0.1) is 33.2 Å². The van der Waals surface area contributed by atoms with Crippen molar-refractivity contribution in [2.75, 3.05) is 20.3 Å². The summed E-state index contributed by atoms with van der Waals surface area (Å²) in [4.78, 5) is 11.8. The first-order valence-corrected chi connectivity index (χ1v) is 14.3. The first-order valence-electron chi connectivity index (χ1n) is 9.08. The molecule has 1 rings (SSSR count). The van der Waals surface area contributed by atoms with Gasteiger partial charge in [-0.05, 0) is 42.7 Å². The molecule has 0 spiro atoms. The largest absolute Gasteiger partial charge is 0.493 e. The average Bonchev–Trinajstić information content (AvgIpc) is 2.63. The summed E-state index contributed by atoms with van der Waals surface area (Å²) in [5, 5.41) is 0. The Morgan fingerprint density at radius 2 is 1.81 bits per heavy atom. The van der Waals surface area contributed by atoms with Crippen molar-refractivity contribution in [3.63, 3.8) is 0 Å². The topological polar surface area (TPSA) is 44.8 Å². The zero-order valence-electron chi connectivity index (χ0n) is 15.8. The number of ether oxygens (including phenoxy) is 3. The highest BCUT2D eigenvalue weighted by molar-refractivity contribution is 7.64. The molecule has 0 saturated heterocycles. The van der Waals surface area contributed by atoms with Crippen LogP contribution in [0.5, 0.6) is 11.5 Å². The Balaban J connectivity index is 2.32. The summed E-state index contributed by atoms with van der Waals surface area (Å²) >= 11 is 17.5. The molecule has 0 fully saturated rings. The summed E-state index contributed by atoms with van der Waals surface area (Å²) in [6.07, 6.45) is 7.65. The van der Waals surface area contributed by atoms with Crippen LogP contribution in [0.4, 0.5) is 0 Å². The molecule has 27 heavy (non-hydrogen) atoms. The molecule has 0 aromatic heterocycles. The van der Waals surface area contributed by atoms with Crippen LogP contribution in [-0.2, 0) is 9.53 Å². The number of unbranched alkanes of at least 4 members (excludes halogenated alkanes) is 3. The summed E-state index contributed by atoms with van der Waals surface area (Å²) in [5.74, 6) is 0.961. The van der Waals surface area contributed by atoms with Crippen molar-refractivity contribution in [1.29, 1.82) is 0 Å². The molecule has 0 bridgehead atoms. The highest BCUT2D eigenvalue weighted by atomic mass is 35.8. The van der Waals surface area contributed by atoms with Gasteiger partial charge in [-0.25, -0.2) is 4.79 Å². The summed E-state index contributed by atoms with van der Waals surface area (Å²) < 4.78 is 16.1. The molecular formula is C19H27Cl3O4Si. The average molecular weight is 454 g/mol. The molecule has 0 radical (unpaired) electrons. The molecule has 1 aromatic carbocycles. The number of rotatable bonds is 13. The molecule has 0 heterocycles. The molecule has 0 N–H and O–H groups in total. The van der Waals surface area contributed by atoms with Gasteiger partial charge >= 0.3 is 12.0 Å². The van der Waals surface area contributed by atoms with E-state index in [-0.39, 0.29) is 5.97 Å². The van der Waals surface area contributed by atoms with Crippen molar-refractivity contribution in [3.05, 3.63) is 29.8 Å². The third-order valence-electron chi connectivity index (χ3n) is 3.66. The maximum Gasteiger partial charge on any atom is 0.341 e. The van der Waals surface area contributed by atoms with Crippen LogP contribution in [-0.4, -0.2) is 32.3 Å². The minimum absolute atomic E-state index is 0.367. The summed E-state index contributed by atoms with van der Waals surface area (Å²) in [6.45, 7) is 3.06. The molecule has 1 aromatic rings. The maximum atomic E-state index is 11.8. The minimum atomic E-state index is -2.50.